The van der Waals surface area contributed by atoms with Crippen molar-refractivity contribution in [3.05, 3.63) is 29.8 Å². The second-order valence-corrected chi connectivity index (χ2v) is 5.98. The summed E-state index contributed by atoms with van der Waals surface area (Å²) in [5.74, 6) is 2.80. The lowest BCUT2D eigenvalue weighted by Crippen LogP contribution is -2.02. The number of rotatable bonds is 5. The maximum absolute atomic E-state index is 10.4. The molecule has 2 rings (SSSR count). The fourth-order valence-electron chi connectivity index (χ4n) is 1.75. The van der Waals surface area contributed by atoms with Gasteiger partial charge < -0.3 is 5.11 Å². The molecule has 0 saturated carbocycles. The van der Waals surface area contributed by atoms with E-state index in [2.05, 4.69) is 24.3 Å². The molecule has 0 aliphatic carbocycles. The van der Waals surface area contributed by atoms with Gasteiger partial charge in [0.15, 0.2) is 0 Å². The molecular weight excluding hydrogens is 240 g/mol. The predicted octanol–water partition coefficient (Wildman–Crippen LogP) is 3.08. The number of fused-ring (bicyclic) bond motifs is 1. The highest BCUT2D eigenvalue weighted by Crippen LogP contribution is 2.40. The molecule has 2 nitrogen and oxygen atoms in total. The predicted molar refractivity (Wildman–Crippen MR) is 69.5 cm³/mol. The number of carboxylic acids is 1. The van der Waals surface area contributed by atoms with Crippen molar-refractivity contribution >= 4 is 29.5 Å². The van der Waals surface area contributed by atoms with E-state index in [9.17, 15) is 4.79 Å². The Morgan fingerprint density at radius 1 is 1.50 bits per heavy atom. The Hall–Kier alpha value is -0.610. The van der Waals surface area contributed by atoms with Crippen molar-refractivity contribution in [1.29, 1.82) is 0 Å². The van der Waals surface area contributed by atoms with Crippen molar-refractivity contribution in [1.82, 2.24) is 0 Å². The topological polar surface area (TPSA) is 37.3 Å². The van der Waals surface area contributed by atoms with E-state index in [0.717, 1.165) is 17.3 Å². The van der Waals surface area contributed by atoms with Crippen LogP contribution in [0.3, 0.4) is 0 Å². The van der Waals surface area contributed by atoms with E-state index in [-0.39, 0.29) is 6.42 Å². The molecule has 0 saturated heterocycles. The maximum Gasteiger partial charge on any atom is 0.304 e. The average Bonchev–Trinajstić information content (AvgIpc) is 2.68. The Balaban J connectivity index is 1.82. The number of hydrogen-bond donors (Lipinski definition) is 1. The highest BCUT2D eigenvalue weighted by Gasteiger charge is 2.22. The van der Waals surface area contributed by atoms with Crippen LogP contribution in [-0.2, 0) is 4.79 Å². The first-order valence-electron chi connectivity index (χ1n) is 5.28. The molecule has 1 aromatic carbocycles. The smallest absolute Gasteiger partial charge is 0.304 e. The Morgan fingerprint density at radius 2 is 2.31 bits per heavy atom. The van der Waals surface area contributed by atoms with E-state index in [1.54, 1.807) is 11.8 Å². The highest BCUT2D eigenvalue weighted by molar-refractivity contribution is 8.00. The van der Waals surface area contributed by atoms with Gasteiger partial charge in [-0.1, -0.05) is 18.2 Å². The minimum atomic E-state index is -0.700. The van der Waals surface area contributed by atoms with E-state index in [0.29, 0.717) is 5.92 Å². The first-order chi connectivity index (χ1) is 7.77. The first kappa shape index (κ1) is 11.9. The molecule has 0 aromatic heterocycles. The quantitative estimate of drug-likeness (QED) is 0.819. The summed E-state index contributed by atoms with van der Waals surface area (Å²) in [6, 6.07) is 8.52. The van der Waals surface area contributed by atoms with Crippen LogP contribution in [0.2, 0.25) is 0 Å². The molecule has 1 heterocycles. The second kappa shape index (κ2) is 5.64. The lowest BCUT2D eigenvalue weighted by molar-refractivity contribution is -0.136. The molecule has 0 amide bonds. The summed E-state index contributed by atoms with van der Waals surface area (Å²) >= 11 is 3.66. The zero-order valence-electron chi connectivity index (χ0n) is 8.89. The van der Waals surface area contributed by atoms with Crippen LogP contribution in [0.1, 0.15) is 17.9 Å². The molecule has 0 spiro atoms. The van der Waals surface area contributed by atoms with Crippen molar-refractivity contribution in [2.24, 2.45) is 0 Å². The van der Waals surface area contributed by atoms with Gasteiger partial charge in [-0.3, -0.25) is 4.79 Å². The van der Waals surface area contributed by atoms with Crippen molar-refractivity contribution < 1.29 is 9.90 Å². The number of thioether (sulfide) groups is 2. The largest absolute Gasteiger partial charge is 0.481 e. The molecule has 1 unspecified atom stereocenters. The van der Waals surface area contributed by atoms with E-state index < -0.39 is 5.97 Å². The SMILES string of the molecule is O=C(O)CCSCC1CSc2ccccc21. The Labute approximate surface area is 104 Å². The van der Waals surface area contributed by atoms with Crippen molar-refractivity contribution in [3.63, 3.8) is 0 Å². The molecular formula is C12H14O2S2. The molecule has 16 heavy (non-hydrogen) atoms. The Bertz CT molecular complexity index is 379. The van der Waals surface area contributed by atoms with E-state index in [1.807, 2.05) is 11.8 Å². The summed E-state index contributed by atoms with van der Waals surface area (Å²) in [5, 5.41) is 8.55. The molecule has 0 radical (unpaired) electrons. The van der Waals surface area contributed by atoms with Gasteiger partial charge in [0.05, 0.1) is 6.42 Å². The van der Waals surface area contributed by atoms with Gasteiger partial charge in [0, 0.05) is 28.1 Å². The molecule has 1 N–H and O–H groups in total. The standard InChI is InChI=1S/C12H14O2S2/c13-12(14)5-6-15-7-9-8-16-11-4-2-1-3-10(9)11/h1-4,9H,5-8H2,(H,13,14). The normalized spacial score (nSPS) is 18.4. The number of benzene rings is 1. The average molecular weight is 254 g/mol. The van der Waals surface area contributed by atoms with Gasteiger partial charge in [0.25, 0.3) is 0 Å². The van der Waals surface area contributed by atoms with Crippen molar-refractivity contribution in [3.8, 4) is 0 Å². The summed E-state index contributed by atoms with van der Waals surface area (Å²) in [6.07, 6.45) is 0.270. The minimum absolute atomic E-state index is 0.270. The Morgan fingerprint density at radius 3 is 3.12 bits per heavy atom. The Kier molecular flexibility index (Phi) is 4.18. The molecule has 1 aliphatic rings. The zero-order chi connectivity index (χ0) is 11.4. The summed E-state index contributed by atoms with van der Waals surface area (Å²) in [4.78, 5) is 11.8. The van der Waals surface area contributed by atoms with Crippen molar-refractivity contribution in [2.75, 3.05) is 17.3 Å². The third kappa shape index (κ3) is 2.95. The highest BCUT2D eigenvalue weighted by atomic mass is 32.2. The van der Waals surface area contributed by atoms with E-state index in [4.69, 9.17) is 5.11 Å². The molecule has 4 heteroatoms. The maximum atomic E-state index is 10.4. The van der Waals surface area contributed by atoms with Crippen LogP contribution < -0.4 is 0 Å². The summed E-state index contributed by atoms with van der Waals surface area (Å²) in [7, 11) is 0. The van der Waals surface area contributed by atoms with Gasteiger partial charge in [-0.2, -0.15) is 11.8 Å². The second-order valence-electron chi connectivity index (χ2n) is 3.76. The van der Waals surface area contributed by atoms with Crippen LogP contribution in [0.5, 0.6) is 0 Å². The lowest BCUT2D eigenvalue weighted by Gasteiger charge is -2.09. The van der Waals surface area contributed by atoms with Gasteiger partial charge in [0.1, 0.15) is 0 Å². The van der Waals surface area contributed by atoms with Crippen LogP contribution in [-0.4, -0.2) is 28.3 Å². The number of aliphatic carboxylic acids is 1. The molecule has 0 bridgehead atoms. The van der Waals surface area contributed by atoms with Crippen LogP contribution in [0.15, 0.2) is 29.2 Å². The number of hydrogen-bond acceptors (Lipinski definition) is 3. The molecule has 1 aromatic rings. The third-order valence-corrected chi connectivity index (χ3v) is 4.96. The third-order valence-electron chi connectivity index (χ3n) is 2.58. The van der Waals surface area contributed by atoms with Gasteiger partial charge >= 0.3 is 5.97 Å². The van der Waals surface area contributed by atoms with Gasteiger partial charge in [-0.15, -0.1) is 11.8 Å². The monoisotopic (exact) mass is 254 g/mol. The van der Waals surface area contributed by atoms with Crippen molar-refractivity contribution in [2.45, 2.75) is 17.2 Å². The van der Waals surface area contributed by atoms with Crippen LogP contribution in [0, 0.1) is 0 Å². The fourth-order valence-corrected chi connectivity index (χ4v) is 4.22. The minimum Gasteiger partial charge on any atom is -0.481 e. The van der Waals surface area contributed by atoms with Crippen LogP contribution in [0.25, 0.3) is 0 Å². The van der Waals surface area contributed by atoms with E-state index >= 15 is 0 Å². The summed E-state index contributed by atoms with van der Waals surface area (Å²) in [5.41, 5.74) is 1.44. The zero-order valence-corrected chi connectivity index (χ0v) is 10.5. The summed E-state index contributed by atoms with van der Waals surface area (Å²) < 4.78 is 0. The molecule has 0 fully saturated rings. The number of carboxylic acid groups (broad SMARTS) is 1. The van der Waals surface area contributed by atoms with Gasteiger partial charge in [0.2, 0.25) is 0 Å². The van der Waals surface area contributed by atoms with E-state index in [1.165, 1.54) is 10.5 Å². The van der Waals surface area contributed by atoms with Crippen LogP contribution >= 0.6 is 23.5 Å². The molecule has 1 atom stereocenters. The fraction of sp³-hybridized carbons (Fsp3) is 0.417. The van der Waals surface area contributed by atoms with Crippen LogP contribution in [0.4, 0.5) is 0 Å². The molecule has 1 aliphatic heterocycles. The van der Waals surface area contributed by atoms with Gasteiger partial charge in [-0.25, -0.2) is 0 Å². The lowest BCUT2D eigenvalue weighted by atomic mass is 10.0. The first-order valence-corrected chi connectivity index (χ1v) is 7.42. The molecule has 86 valence electrons. The summed E-state index contributed by atoms with van der Waals surface area (Å²) in [6.45, 7) is 0. The van der Waals surface area contributed by atoms with Gasteiger partial charge in [-0.05, 0) is 11.6 Å². The number of carbonyl (C=O) groups is 1.